The molecule has 0 radical (unpaired) electrons. The van der Waals surface area contributed by atoms with E-state index in [-0.39, 0.29) is 36.0 Å². The Morgan fingerprint density at radius 1 is 1.30 bits per heavy atom. The van der Waals surface area contributed by atoms with E-state index in [4.69, 9.17) is 4.74 Å². The molecule has 0 heterocycles. The molecule has 0 spiro atoms. The van der Waals surface area contributed by atoms with E-state index in [0.29, 0.717) is 31.3 Å². The van der Waals surface area contributed by atoms with Gasteiger partial charge >= 0.3 is 0 Å². The van der Waals surface area contributed by atoms with E-state index in [0.717, 1.165) is 12.8 Å². The number of benzene rings is 1. The predicted molar refractivity (Wildman–Crippen MR) is 84.5 cm³/mol. The van der Waals surface area contributed by atoms with Gasteiger partial charge in [-0.15, -0.1) is 0 Å². The van der Waals surface area contributed by atoms with Crippen molar-refractivity contribution in [1.29, 1.82) is 0 Å². The Labute approximate surface area is 136 Å². The number of hydrogen-bond acceptors (Lipinski definition) is 3. The molecule has 3 rings (SSSR count). The van der Waals surface area contributed by atoms with Crippen molar-refractivity contribution < 1.29 is 19.0 Å². The van der Waals surface area contributed by atoms with Crippen LogP contribution in [-0.4, -0.2) is 30.3 Å². The molecule has 126 valence electrons. The Bertz CT molecular complexity index is 551. The van der Waals surface area contributed by atoms with Gasteiger partial charge in [-0.2, -0.15) is 0 Å². The zero-order valence-electron chi connectivity index (χ0n) is 13.2. The van der Waals surface area contributed by atoms with Crippen LogP contribution in [0.5, 0.6) is 5.75 Å². The molecule has 2 fully saturated rings. The Hall–Kier alpha value is -1.62. The highest BCUT2D eigenvalue weighted by Crippen LogP contribution is 2.48. The zero-order valence-corrected chi connectivity index (χ0v) is 13.2. The van der Waals surface area contributed by atoms with Crippen LogP contribution in [0.1, 0.15) is 32.1 Å². The topological polar surface area (TPSA) is 58.6 Å². The van der Waals surface area contributed by atoms with Crippen LogP contribution in [0.25, 0.3) is 0 Å². The second-order valence-electron chi connectivity index (χ2n) is 6.66. The van der Waals surface area contributed by atoms with E-state index in [1.165, 1.54) is 12.5 Å². The van der Waals surface area contributed by atoms with E-state index in [1.54, 1.807) is 18.2 Å². The van der Waals surface area contributed by atoms with Gasteiger partial charge in [0.05, 0.1) is 6.61 Å². The van der Waals surface area contributed by atoms with Crippen molar-refractivity contribution in [2.24, 2.45) is 17.8 Å². The van der Waals surface area contributed by atoms with Gasteiger partial charge in [-0.25, -0.2) is 4.39 Å². The summed E-state index contributed by atoms with van der Waals surface area (Å²) in [4.78, 5) is 12.1. The number of para-hydroxylation sites is 1. The van der Waals surface area contributed by atoms with Crippen molar-refractivity contribution in [3.63, 3.8) is 0 Å². The molecule has 2 bridgehead atoms. The standard InChI is InChI=1S/C18H24FNO3/c19-15-4-1-2-5-16(15)23-9-3-6-17(22)20-18-13-8-7-12(10-13)14(18)11-21/h1-2,4-5,12-14,18,21H,3,6-11H2,(H,20,22). The van der Waals surface area contributed by atoms with Crippen LogP contribution >= 0.6 is 0 Å². The fraction of sp³-hybridized carbons (Fsp3) is 0.611. The summed E-state index contributed by atoms with van der Waals surface area (Å²) in [5.74, 6) is 1.15. The lowest BCUT2D eigenvalue weighted by Gasteiger charge is -2.30. The van der Waals surface area contributed by atoms with Gasteiger partial charge in [0.2, 0.25) is 5.91 Å². The SMILES string of the molecule is O=C(CCCOc1ccccc1F)NC1C2CCC(C2)C1CO. The van der Waals surface area contributed by atoms with Crippen molar-refractivity contribution in [2.75, 3.05) is 13.2 Å². The molecule has 4 unspecified atom stereocenters. The summed E-state index contributed by atoms with van der Waals surface area (Å²) in [5.41, 5.74) is 0. The number of hydrogen-bond donors (Lipinski definition) is 2. The summed E-state index contributed by atoms with van der Waals surface area (Å²) < 4.78 is 18.7. The van der Waals surface area contributed by atoms with Crippen LogP contribution in [0, 0.1) is 23.6 Å². The fourth-order valence-electron chi connectivity index (χ4n) is 4.13. The third-order valence-corrected chi connectivity index (χ3v) is 5.27. The molecule has 0 aromatic heterocycles. The number of ether oxygens (including phenoxy) is 1. The summed E-state index contributed by atoms with van der Waals surface area (Å²) in [6, 6.07) is 6.39. The lowest BCUT2D eigenvalue weighted by atomic mass is 9.85. The van der Waals surface area contributed by atoms with Crippen LogP contribution in [0.2, 0.25) is 0 Å². The highest BCUT2D eigenvalue weighted by Gasteiger charge is 2.47. The molecule has 1 aromatic rings. The van der Waals surface area contributed by atoms with Gasteiger partial charge in [0.25, 0.3) is 0 Å². The lowest BCUT2D eigenvalue weighted by molar-refractivity contribution is -0.122. The van der Waals surface area contributed by atoms with Crippen LogP contribution in [0.3, 0.4) is 0 Å². The second-order valence-corrected chi connectivity index (χ2v) is 6.66. The van der Waals surface area contributed by atoms with E-state index in [9.17, 15) is 14.3 Å². The number of carbonyl (C=O) groups excluding carboxylic acids is 1. The number of aliphatic hydroxyl groups excluding tert-OH is 1. The highest BCUT2D eigenvalue weighted by molar-refractivity contribution is 5.76. The number of halogens is 1. The number of rotatable bonds is 7. The zero-order chi connectivity index (χ0) is 16.2. The Balaban J connectivity index is 1.39. The van der Waals surface area contributed by atoms with Crippen molar-refractivity contribution in [3.05, 3.63) is 30.1 Å². The van der Waals surface area contributed by atoms with Crippen molar-refractivity contribution >= 4 is 5.91 Å². The predicted octanol–water partition coefficient (Wildman–Crippen LogP) is 2.51. The maximum Gasteiger partial charge on any atom is 0.220 e. The number of carbonyl (C=O) groups is 1. The first-order chi connectivity index (χ1) is 11.2. The van der Waals surface area contributed by atoms with E-state index in [2.05, 4.69) is 5.32 Å². The van der Waals surface area contributed by atoms with E-state index in [1.807, 2.05) is 0 Å². The number of amides is 1. The first-order valence-corrected chi connectivity index (χ1v) is 8.46. The largest absolute Gasteiger partial charge is 0.491 e. The highest BCUT2D eigenvalue weighted by atomic mass is 19.1. The van der Waals surface area contributed by atoms with Crippen LogP contribution < -0.4 is 10.1 Å². The fourth-order valence-corrected chi connectivity index (χ4v) is 4.13. The summed E-state index contributed by atoms with van der Waals surface area (Å²) in [5, 5.41) is 12.6. The number of fused-ring (bicyclic) bond motifs is 2. The van der Waals surface area contributed by atoms with Gasteiger partial charge in [0, 0.05) is 25.0 Å². The average molecular weight is 321 g/mol. The first-order valence-electron chi connectivity index (χ1n) is 8.46. The van der Waals surface area contributed by atoms with Gasteiger partial charge in [0.1, 0.15) is 0 Å². The third kappa shape index (κ3) is 3.66. The molecule has 1 aromatic carbocycles. The Kier molecular flexibility index (Phi) is 5.16. The maximum atomic E-state index is 13.4. The van der Waals surface area contributed by atoms with Crippen molar-refractivity contribution in [2.45, 2.75) is 38.1 Å². The molecule has 0 saturated heterocycles. The monoisotopic (exact) mass is 321 g/mol. The van der Waals surface area contributed by atoms with Crippen LogP contribution in [0.4, 0.5) is 4.39 Å². The lowest BCUT2D eigenvalue weighted by Crippen LogP contribution is -2.45. The molecule has 2 N–H and O–H groups in total. The molecule has 0 aliphatic heterocycles. The minimum atomic E-state index is -0.385. The average Bonchev–Trinajstić information content (AvgIpc) is 3.14. The van der Waals surface area contributed by atoms with Crippen molar-refractivity contribution in [1.82, 2.24) is 5.32 Å². The summed E-state index contributed by atoms with van der Waals surface area (Å²) in [6.07, 6.45) is 4.37. The van der Waals surface area contributed by atoms with Gasteiger partial charge in [-0.3, -0.25) is 4.79 Å². The Morgan fingerprint density at radius 2 is 2.09 bits per heavy atom. The summed E-state index contributed by atoms with van der Waals surface area (Å²) in [7, 11) is 0. The van der Waals surface area contributed by atoms with Gasteiger partial charge in [-0.1, -0.05) is 12.1 Å². The van der Waals surface area contributed by atoms with Crippen LogP contribution in [-0.2, 0) is 4.79 Å². The summed E-state index contributed by atoms with van der Waals surface area (Å²) >= 11 is 0. The van der Waals surface area contributed by atoms with E-state index < -0.39 is 0 Å². The van der Waals surface area contributed by atoms with Crippen molar-refractivity contribution in [3.8, 4) is 5.75 Å². The molecular formula is C18H24FNO3. The molecule has 2 saturated carbocycles. The molecule has 1 amide bonds. The maximum absolute atomic E-state index is 13.4. The minimum absolute atomic E-state index is 0.00173. The molecular weight excluding hydrogens is 297 g/mol. The minimum Gasteiger partial charge on any atom is -0.491 e. The number of aliphatic hydroxyl groups is 1. The Morgan fingerprint density at radius 3 is 2.87 bits per heavy atom. The van der Waals surface area contributed by atoms with Gasteiger partial charge in [0.15, 0.2) is 11.6 Å². The normalized spacial score (nSPS) is 28.8. The molecule has 2 aliphatic carbocycles. The first kappa shape index (κ1) is 16.2. The quantitative estimate of drug-likeness (QED) is 0.759. The molecule has 2 aliphatic rings. The number of nitrogens with one attached hydrogen (secondary N) is 1. The van der Waals surface area contributed by atoms with Gasteiger partial charge < -0.3 is 15.2 Å². The molecule has 4 nitrogen and oxygen atoms in total. The second kappa shape index (κ2) is 7.30. The third-order valence-electron chi connectivity index (χ3n) is 5.27. The van der Waals surface area contributed by atoms with Crippen LogP contribution in [0.15, 0.2) is 24.3 Å². The molecule has 5 heteroatoms. The molecule has 23 heavy (non-hydrogen) atoms. The smallest absolute Gasteiger partial charge is 0.220 e. The molecule has 4 atom stereocenters. The van der Waals surface area contributed by atoms with Gasteiger partial charge in [-0.05, 0) is 49.7 Å². The summed E-state index contributed by atoms with van der Waals surface area (Å²) in [6.45, 7) is 0.469. The van der Waals surface area contributed by atoms with E-state index >= 15 is 0 Å².